The second-order valence-electron chi connectivity index (χ2n) is 5.11. The van der Waals surface area contributed by atoms with Gasteiger partial charge in [-0.1, -0.05) is 18.2 Å². The zero-order valence-electron chi connectivity index (χ0n) is 13.3. The van der Waals surface area contributed by atoms with Crippen LogP contribution in [0.5, 0.6) is 5.75 Å². The zero-order chi connectivity index (χ0) is 17.7. The number of anilines is 2. The first-order valence-corrected chi connectivity index (χ1v) is 8.64. The summed E-state index contributed by atoms with van der Waals surface area (Å²) in [5, 5.41) is 2.60. The van der Waals surface area contributed by atoms with Crippen LogP contribution in [0.4, 0.5) is 11.4 Å². The molecule has 0 saturated carbocycles. The molecule has 0 heterocycles. The maximum Gasteiger partial charge on any atom is 0.261 e. The number of methoxy groups -OCH3 is 1. The summed E-state index contributed by atoms with van der Waals surface area (Å²) in [6.45, 7) is 1.55. The summed E-state index contributed by atoms with van der Waals surface area (Å²) >= 11 is 0. The van der Waals surface area contributed by atoms with Crippen molar-refractivity contribution in [2.24, 2.45) is 5.73 Å². The van der Waals surface area contributed by atoms with E-state index in [1.165, 1.54) is 25.3 Å². The van der Waals surface area contributed by atoms with E-state index in [4.69, 9.17) is 10.5 Å². The Kier molecular flexibility index (Phi) is 5.42. The standard InChI is InChI=1S/C16H19N3O4S/c1-11(17)16(20)18-14-10-12(8-9-15(14)23-2)19-24(21,22)13-6-4-3-5-7-13/h3-11,19H,17H2,1-2H3,(H,18,20)/t11-/m1/s1. The summed E-state index contributed by atoms with van der Waals surface area (Å²) in [6.07, 6.45) is 0. The average Bonchev–Trinajstić information content (AvgIpc) is 2.55. The molecule has 0 fully saturated rings. The highest BCUT2D eigenvalue weighted by Gasteiger charge is 2.16. The largest absolute Gasteiger partial charge is 0.495 e. The molecule has 7 nitrogen and oxygen atoms in total. The van der Waals surface area contributed by atoms with E-state index in [0.717, 1.165) is 0 Å². The number of ether oxygens (including phenoxy) is 1. The van der Waals surface area contributed by atoms with E-state index in [0.29, 0.717) is 17.1 Å². The Bertz CT molecular complexity index is 820. The number of carbonyl (C=O) groups excluding carboxylic acids is 1. The van der Waals surface area contributed by atoms with Gasteiger partial charge in [-0.2, -0.15) is 0 Å². The van der Waals surface area contributed by atoms with Gasteiger partial charge in [0.05, 0.1) is 29.4 Å². The highest BCUT2D eigenvalue weighted by Crippen LogP contribution is 2.29. The molecule has 2 aromatic carbocycles. The van der Waals surface area contributed by atoms with Gasteiger partial charge >= 0.3 is 0 Å². The number of rotatable bonds is 6. The van der Waals surface area contributed by atoms with Crippen LogP contribution in [-0.2, 0) is 14.8 Å². The summed E-state index contributed by atoms with van der Waals surface area (Å²) in [5.41, 5.74) is 6.14. The predicted molar refractivity (Wildman–Crippen MR) is 92.5 cm³/mol. The first-order chi connectivity index (χ1) is 11.3. The molecular formula is C16H19N3O4S. The second kappa shape index (κ2) is 7.33. The molecule has 1 atom stereocenters. The fourth-order valence-corrected chi connectivity index (χ4v) is 3.00. The predicted octanol–water partition coefficient (Wildman–Crippen LogP) is 1.78. The van der Waals surface area contributed by atoms with E-state index >= 15 is 0 Å². The van der Waals surface area contributed by atoms with E-state index < -0.39 is 22.0 Å². The summed E-state index contributed by atoms with van der Waals surface area (Å²) < 4.78 is 32.3. The molecule has 0 bridgehead atoms. The molecule has 128 valence electrons. The lowest BCUT2D eigenvalue weighted by Gasteiger charge is -2.14. The Balaban J connectivity index is 2.30. The summed E-state index contributed by atoms with van der Waals surface area (Å²) in [6, 6.07) is 11.8. The number of nitrogens with two attached hydrogens (primary N) is 1. The first kappa shape index (κ1) is 17.8. The minimum absolute atomic E-state index is 0.141. The minimum atomic E-state index is -3.72. The fourth-order valence-electron chi connectivity index (χ4n) is 1.93. The molecule has 0 aliphatic heterocycles. The molecule has 2 rings (SSSR count). The minimum Gasteiger partial charge on any atom is -0.495 e. The van der Waals surface area contributed by atoms with Crippen LogP contribution in [0, 0.1) is 0 Å². The van der Waals surface area contributed by atoms with Crippen LogP contribution in [0.15, 0.2) is 53.4 Å². The van der Waals surface area contributed by atoms with Gasteiger partial charge < -0.3 is 15.8 Å². The van der Waals surface area contributed by atoms with Crippen LogP contribution < -0.4 is 20.5 Å². The Labute approximate surface area is 140 Å². The van der Waals surface area contributed by atoms with Crippen LogP contribution >= 0.6 is 0 Å². The van der Waals surface area contributed by atoms with Crippen molar-refractivity contribution < 1.29 is 17.9 Å². The van der Waals surface area contributed by atoms with Crippen LogP contribution in [0.25, 0.3) is 0 Å². The molecule has 0 spiro atoms. The van der Waals surface area contributed by atoms with E-state index in [9.17, 15) is 13.2 Å². The molecule has 0 aliphatic rings. The van der Waals surface area contributed by atoms with Gasteiger partial charge in [0.2, 0.25) is 5.91 Å². The number of sulfonamides is 1. The lowest BCUT2D eigenvalue weighted by molar-refractivity contribution is -0.117. The molecule has 0 aromatic heterocycles. The third-order valence-corrected chi connectivity index (χ3v) is 4.57. The van der Waals surface area contributed by atoms with Crippen molar-refractivity contribution in [2.45, 2.75) is 17.9 Å². The number of carbonyl (C=O) groups is 1. The Morgan fingerprint density at radius 2 is 1.83 bits per heavy atom. The van der Waals surface area contributed by atoms with Crippen LogP contribution in [-0.4, -0.2) is 27.5 Å². The number of hydrogen-bond acceptors (Lipinski definition) is 5. The van der Waals surface area contributed by atoms with Gasteiger partial charge in [-0.25, -0.2) is 8.42 Å². The van der Waals surface area contributed by atoms with Crippen LogP contribution in [0.2, 0.25) is 0 Å². The van der Waals surface area contributed by atoms with E-state index in [1.54, 1.807) is 37.3 Å². The van der Waals surface area contributed by atoms with Gasteiger partial charge in [0.1, 0.15) is 5.75 Å². The van der Waals surface area contributed by atoms with Crippen molar-refractivity contribution in [3.63, 3.8) is 0 Å². The summed E-state index contributed by atoms with van der Waals surface area (Å²) in [7, 11) is -2.27. The molecule has 24 heavy (non-hydrogen) atoms. The first-order valence-electron chi connectivity index (χ1n) is 7.16. The van der Waals surface area contributed by atoms with Gasteiger partial charge in [0, 0.05) is 0 Å². The molecule has 0 aliphatic carbocycles. The second-order valence-corrected chi connectivity index (χ2v) is 6.79. The maximum atomic E-state index is 12.3. The Morgan fingerprint density at radius 1 is 1.17 bits per heavy atom. The van der Waals surface area contributed by atoms with Crippen LogP contribution in [0.3, 0.4) is 0 Å². The average molecular weight is 349 g/mol. The smallest absolute Gasteiger partial charge is 0.261 e. The molecule has 8 heteroatoms. The van der Waals surface area contributed by atoms with Crippen molar-refractivity contribution >= 4 is 27.3 Å². The highest BCUT2D eigenvalue weighted by molar-refractivity contribution is 7.92. The zero-order valence-corrected chi connectivity index (χ0v) is 14.1. The van der Waals surface area contributed by atoms with Gasteiger partial charge in [-0.15, -0.1) is 0 Å². The third-order valence-electron chi connectivity index (χ3n) is 3.18. The number of nitrogens with one attached hydrogen (secondary N) is 2. The molecule has 4 N–H and O–H groups in total. The molecule has 0 unspecified atom stereocenters. The number of hydrogen-bond donors (Lipinski definition) is 3. The van der Waals surface area contributed by atoms with Crippen molar-refractivity contribution in [1.82, 2.24) is 0 Å². The normalized spacial score (nSPS) is 12.3. The van der Waals surface area contributed by atoms with Gasteiger partial charge in [-0.3, -0.25) is 9.52 Å². The van der Waals surface area contributed by atoms with E-state index in [-0.39, 0.29) is 4.90 Å². The topological polar surface area (TPSA) is 111 Å². The molecule has 0 radical (unpaired) electrons. The van der Waals surface area contributed by atoms with Crippen LogP contribution in [0.1, 0.15) is 6.92 Å². The Morgan fingerprint density at radius 3 is 2.42 bits per heavy atom. The van der Waals surface area contributed by atoms with Gasteiger partial charge in [-0.05, 0) is 37.3 Å². The fraction of sp³-hybridized carbons (Fsp3) is 0.188. The van der Waals surface area contributed by atoms with Crippen molar-refractivity contribution in [2.75, 3.05) is 17.1 Å². The Hall–Kier alpha value is -2.58. The van der Waals surface area contributed by atoms with Gasteiger partial charge in [0.15, 0.2) is 0 Å². The highest BCUT2D eigenvalue weighted by atomic mass is 32.2. The van der Waals surface area contributed by atoms with Crippen molar-refractivity contribution in [3.8, 4) is 5.75 Å². The quantitative estimate of drug-likeness (QED) is 0.736. The lowest BCUT2D eigenvalue weighted by atomic mass is 10.2. The molecular weight excluding hydrogens is 330 g/mol. The molecule has 2 aromatic rings. The molecule has 1 amide bonds. The van der Waals surface area contributed by atoms with Gasteiger partial charge in [0.25, 0.3) is 10.0 Å². The third kappa shape index (κ3) is 4.24. The molecule has 0 saturated heterocycles. The van der Waals surface area contributed by atoms with E-state index in [1.807, 2.05) is 0 Å². The summed E-state index contributed by atoms with van der Waals surface area (Å²) in [4.78, 5) is 11.9. The van der Waals surface area contributed by atoms with Crippen molar-refractivity contribution in [1.29, 1.82) is 0 Å². The monoisotopic (exact) mass is 349 g/mol. The maximum absolute atomic E-state index is 12.3. The van der Waals surface area contributed by atoms with E-state index in [2.05, 4.69) is 10.0 Å². The lowest BCUT2D eigenvalue weighted by Crippen LogP contribution is -2.32. The number of benzene rings is 2. The van der Waals surface area contributed by atoms with Crippen molar-refractivity contribution in [3.05, 3.63) is 48.5 Å². The summed E-state index contributed by atoms with van der Waals surface area (Å²) in [5.74, 6) is -0.0111. The SMILES string of the molecule is COc1ccc(NS(=O)(=O)c2ccccc2)cc1NC(=O)[C@@H](C)N. The number of amides is 1.